The molecule has 0 saturated heterocycles. The van der Waals surface area contributed by atoms with Crippen LogP contribution in [0.2, 0.25) is 0 Å². The Morgan fingerprint density at radius 1 is 1.08 bits per heavy atom. The van der Waals surface area contributed by atoms with Crippen molar-refractivity contribution < 1.29 is 9.47 Å². The number of hydrogen-bond donors (Lipinski definition) is 2. The molecule has 26 heavy (non-hydrogen) atoms. The Morgan fingerprint density at radius 2 is 1.73 bits per heavy atom. The summed E-state index contributed by atoms with van der Waals surface area (Å²) in [7, 11) is 1.80. The fourth-order valence-corrected chi connectivity index (χ4v) is 3.06. The lowest BCUT2D eigenvalue weighted by molar-refractivity contribution is 0.174. The first-order chi connectivity index (χ1) is 12.0. The number of nitrogens with zero attached hydrogens (tertiary/aromatic N) is 2. The molecule has 0 unspecified atom stereocenters. The summed E-state index contributed by atoms with van der Waals surface area (Å²) in [6.07, 6.45) is 0.904. The van der Waals surface area contributed by atoms with E-state index in [9.17, 15) is 0 Å². The van der Waals surface area contributed by atoms with Crippen LogP contribution in [-0.4, -0.2) is 56.4 Å². The van der Waals surface area contributed by atoms with Crippen LogP contribution in [0.4, 0.5) is 0 Å². The first-order valence-corrected chi connectivity index (χ1v) is 9.10. The predicted molar refractivity (Wildman–Crippen MR) is 118 cm³/mol. The molecule has 0 amide bonds. The molecule has 0 bridgehead atoms. The highest BCUT2D eigenvalue weighted by Gasteiger charge is 2.14. The first-order valence-electron chi connectivity index (χ1n) is 9.10. The van der Waals surface area contributed by atoms with Crippen molar-refractivity contribution in [2.24, 2.45) is 4.99 Å². The highest BCUT2D eigenvalue weighted by Crippen LogP contribution is 2.32. The molecule has 0 aromatic heterocycles. The van der Waals surface area contributed by atoms with E-state index in [0.29, 0.717) is 18.9 Å². The number of benzene rings is 1. The molecule has 0 spiro atoms. The third kappa shape index (κ3) is 6.83. The molecule has 1 aromatic rings. The molecule has 1 heterocycles. The largest absolute Gasteiger partial charge is 0.454 e. The standard InChI is InChI=1S/C19H32N4O2.HI/c1-14(2)23(15(3)4)11-10-22-19(20-5)21-9-8-16-6-7-17-18(12-16)25-13-24-17;/h6-7,12,14-15H,8-11,13H2,1-5H3,(H2,20,21,22);1H. The topological polar surface area (TPSA) is 58.1 Å². The molecule has 148 valence electrons. The van der Waals surface area contributed by atoms with Gasteiger partial charge in [-0.05, 0) is 51.8 Å². The van der Waals surface area contributed by atoms with Gasteiger partial charge in [-0.15, -0.1) is 24.0 Å². The van der Waals surface area contributed by atoms with Gasteiger partial charge in [0.2, 0.25) is 6.79 Å². The highest BCUT2D eigenvalue weighted by atomic mass is 127. The normalized spacial score (nSPS) is 13.3. The first kappa shape index (κ1) is 22.8. The van der Waals surface area contributed by atoms with Crippen LogP contribution in [0.1, 0.15) is 33.3 Å². The second kappa shape index (κ2) is 11.5. The number of aliphatic imine (C=N–C) groups is 1. The van der Waals surface area contributed by atoms with Crippen molar-refractivity contribution >= 4 is 29.9 Å². The Kier molecular flexibility index (Phi) is 10.1. The summed E-state index contributed by atoms with van der Waals surface area (Å²) in [4.78, 5) is 6.76. The number of ether oxygens (including phenoxy) is 2. The lowest BCUT2D eigenvalue weighted by Gasteiger charge is -2.30. The van der Waals surface area contributed by atoms with Crippen LogP contribution in [0, 0.1) is 0 Å². The molecule has 2 N–H and O–H groups in total. The summed E-state index contributed by atoms with van der Waals surface area (Å²) in [6.45, 7) is 11.9. The smallest absolute Gasteiger partial charge is 0.231 e. The van der Waals surface area contributed by atoms with Crippen molar-refractivity contribution in [3.05, 3.63) is 23.8 Å². The number of rotatable bonds is 8. The second-order valence-corrected chi connectivity index (χ2v) is 6.79. The van der Waals surface area contributed by atoms with Crippen LogP contribution >= 0.6 is 24.0 Å². The average molecular weight is 476 g/mol. The van der Waals surface area contributed by atoms with Gasteiger partial charge in [0, 0.05) is 38.8 Å². The Balaban J connectivity index is 0.00000338. The molecule has 0 radical (unpaired) electrons. The molecule has 7 heteroatoms. The van der Waals surface area contributed by atoms with Gasteiger partial charge in [-0.1, -0.05) is 6.07 Å². The molecule has 1 aromatic carbocycles. The molecule has 0 atom stereocenters. The maximum atomic E-state index is 5.42. The Labute approximate surface area is 174 Å². The van der Waals surface area contributed by atoms with Crippen molar-refractivity contribution in [2.45, 2.75) is 46.2 Å². The van der Waals surface area contributed by atoms with E-state index in [0.717, 1.165) is 43.5 Å². The lowest BCUT2D eigenvalue weighted by Crippen LogP contribution is -2.45. The van der Waals surface area contributed by atoms with Crippen LogP contribution < -0.4 is 20.1 Å². The predicted octanol–water partition coefficient (Wildman–Crippen LogP) is 2.86. The van der Waals surface area contributed by atoms with Gasteiger partial charge < -0.3 is 20.1 Å². The summed E-state index contributed by atoms with van der Waals surface area (Å²) in [5.74, 6) is 2.50. The molecule has 1 aliphatic heterocycles. The number of guanidine groups is 1. The van der Waals surface area contributed by atoms with E-state index >= 15 is 0 Å². The van der Waals surface area contributed by atoms with Crippen molar-refractivity contribution in [1.29, 1.82) is 0 Å². The van der Waals surface area contributed by atoms with Gasteiger partial charge in [0.1, 0.15) is 0 Å². The van der Waals surface area contributed by atoms with Crippen molar-refractivity contribution in [1.82, 2.24) is 15.5 Å². The van der Waals surface area contributed by atoms with E-state index in [2.05, 4.69) is 54.3 Å². The number of halogens is 1. The van der Waals surface area contributed by atoms with Gasteiger partial charge in [0.05, 0.1) is 0 Å². The van der Waals surface area contributed by atoms with Gasteiger partial charge in [0.25, 0.3) is 0 Å². The molecule has 0 aliphatic carbocycles. The quantitative estimate of drug-likeness (QED) is 0.344. The van der Waals surface area contributed by atoms with Crippen LogP contribution in [-0.2, 0) is 6.42 Å². The second-order valence-electron chi connectivity index (χ2n) is 6.79. The molecule has 6 nitrogen and oxygen atoms in total. The van der Waals surface area contributed by atoms with Gasteiger partial charge in [-0.2, -0.15) is 0 Å². The van der Waals surface area contributed by atoms with Crippen molar-refractivity contribution in [2.75, 3.05) is 33.5 Å². The number of hydrogen-bond acceptors (Lipinski definition) is 4. The minimum absolute atomic E-state index is 0. The lowest BCUT2D eigenvalue weighted by atomic mass is 10.1. The maximum absolute atomic E-state index is 5.42. The van der Waals surface area contributed by atoms with Crippen LogP contribution in [0.5, 0.6) is 11.5 Å². The number of nitrogens with one attached hydrogen (secondary N) is 2. The monoisotopic (exact) mass is 476 g/mol. The Morgan fingerprint density at radius 3 is 2.38 bits per heavy atom. The maximum Gasteiger partial charge on any atom is 0.231 e. The van der Waals surface area contributed by atoms with E-state index in [4.69, 9.17) is 9.47 Å². The average Bonchev–Trinajstić information content (AvgIpc) is 3.04. The zero-order chi connectivity index (χ0) is 18.2. The summed E-state index contributed by atoms with van der Waals surface area (Å²) in [5.41, 5.74) is 1.22. The van der Waals surface area contributed by atoms with Crippen molar-refractivity contribution in [3.8, 4) is 11.5 Å². The summed E-state index contributed by atoms with van der Waals surface area (Å²) in [6, 6.07) is 7.18. The zero-order valence-corrected chi connectivity index (χ0v) is 18.9. The fraction of sp³-hybridized carbons (Fsp3) is 0.632. The summed E-state index contributed by atoms with van der Waals surface area (Å²) >= 11 is 0. The zero-order valence-electron chi connectivity index (χ0n) is 16.5. The summed E-state index contributed by atoms with van der Waals surface area (Å²) < 4.78 is 10.8. The van der Waals surface area contributed by atoms with E-state index in [-0.39, 0.29) is 24.0 Å². The van der Waals surface area contributed by atoms with Gasteiger partial charge in [-0.3, -0.25) is 9.89 Å². The van der Waals surface area contributed by atoms with Gasteiger partial charge in [-0.25, -0.2) is 0 Å². The van der Waals surface area contributed by atoms with E-state index in [1.165, 1.54) is 5.56 Å². The molecular formula is C19H33IN4O2. The SMILES string of the molecule is CN=C(NCCc1ccc2c(c1)OCO2)NCCN(C(C)C)C(C)C.I. The molecule has 0 saturated carbocycles. The molecule has 1 aliphatic rings. The van der Waals surface area contributed by atoms with E-state index in [1.807, 2.05) is 12.1 Å². The molecular weight excluding hydrogens is 443 g/mol. The molecule has 2 rings (SSSR count). The third-order valence-corrected chi connectivity index (χ3v) is 4.36. The van der Waals surface area contributed by atoms with Gasteiger partial charge in [0.15, 0.2) is 17.5 Å². The summed E-state index contributed by atoms with van der Waals surface area (Å²) in [5, 5.41) is 6.76. The van der Waals surface area contributed by atoms with Gasteiger partial charge >= 0.3 is 0 Å². The van der Waals surface area contributed by atoms with Crippen LogP contribution in [0.25, 0.3) is 0 Å². The fourth-order valence-electron chi connectivity index (χ4n) is 3.06. The van der Waals surface area contributed by atoms with Crippen molar-refractivity contribution in [3.63, 3.8) is 0 Å². The van der Waals surface area contributed by atoms with Crippen LogP contribution in [0.3, 0.4) is 0 Å². The minimum Gasteiger partial charge on any atom is -0.454 e. The number of fused-ring (bicyclic) bond motifs is 1. The third-order valence-electron chi connectivity index (χ3n) is 4.36. The van der Waals surface area contributed by atoms with Crippen LogP contribution in [0.15, 0.2) is 23.2 Å². The minimum atomic E-state index is 0. The Hall–Kier alpha value is -1.22. The molecule has 0 fully saturated rings. The van der Waals surface area contributed by atoms with E-state index in [1.54, 1.807) is 7.05 Å². The highest BCUT2D eigenvalue weighted by molar-refractivity contribution is 14.0. The van der Waals surface area contributed by atoms with E-state index < -0.39 is 0 Å². The Bertz CT molecular complexity index is 571.